The molecular formula is C19H29N2O2+. The van der Waals surface area contributed by atoms with Gasteiger partial charge in [-0.15, -0.1) is 0 Å². The highest BCUT2D eigenvalue weighted by Crippen LogP contribution is 2.16. The second kappa shape index (κ2) is 8.70. The van der Waals surface area contributed by atoms with Gasteiger partial charge in [-0.05, 0) is 25.0 Å². The van der Waals surface area contributed by atoms with E-state index < -0.39 is 5.97 Å². The Balaban J connectivity index is 1.94. The van der Waals surface area contributed by atoms with Crippen LogP contribution in [-0.4, -0.2) is 15.6 Å². The molecule has 0 fully saturated rings. The minimum Gasteiger partial charge on any atom is -0.472 e. The van der Waals surface area contributed by atoms with Crippen LogP contribution in [0.1, 0.15) is 68.9 Å². The van der Waals surface area contributed by atoms with Crippen molar-refractivity contribution >= 4 is 17.0 Å². The molecule has 0 aliphatic heterocycles. The van der Waals surface area contributed by atoms with Crippen molar-refractivity contribution in [2.24, 2.45) is 7.05 Å². The van der Waals surface area contributed by atoms with Gasteiger partial charge in [0.15, 0.2) is 11.0 Å². The van der Waals surface area contributed by atoms with Crippen LogP contribution in [0.25, 0.3) is 11.0 Å². The third-order valence-corrected chi connectivity index (χ3v) is 4.53. The number of aromatic nitrogens is 2. The number of unbranched alkanes of at least 4 members (excludes halogenated alkanes) is 7. The number of aryl methyl sites for hydroxylation is 2. The van der Waals surface area contributed by atoms with E-state index in [0.717, 1.165) is 24.0 Å². The molecule has 1 aromatic carbocycles. The fraction of sp³-hybridized carbons (Fsp3) is 0.579. The minimum absolute atomic E-state index is 0.370. The highest BCUT2D eigenvalue weighted by atomic mass is 16.4. The van der Waals surface area contributed by atoms with Crippen molar-refractivity contribution in [2.45, 2.75) is 64.8 Å². The summed E-state index contributed by atoms with van der Waals surface area (Å²) < 4.78 is 3.73. The molecule has 0 radical (unpaired) electrons. The number of imidazole rings is 1. The number of carboxylic acids is 1. The lowest BCUT2D eigenvalue weighted by Crippen LogP contribution is -2.36. The van der Waals surface area contributed by atoms with Gasteiger partial charge < -0.3 is 5.11 Å². The number of aromatic carboxylic acids is 1. The summed E-state index contributed by atoms with van der Waals surface area (Å²) in [5.74, 6) is -0.489. The summed E-state index contributed by atoms with van der Waals surface area (Å²) in [7, 11) is 1.83. The molecule has 0 spiro atoms. The molecule has 2 rings (SSSR count). The van der Waals surface area contributed by atoms with E-state index in [-0.39, 0.29) is 0 Å². The van der Waals surface area contributed by atoms with Gasteiger partial charge in [0.05, 0.1) is 13.6 Å². The van der Waals surface area contributed by atoms with Crippen LogP contribution in [0.15, 0.2) is 24.3 Å². The third-order valence-electron chi connectivity index (χ3n) is 4.53. The summed E-state index contributed by atoms with van der Waals surface area (Å²) in [6.45, 7) is 3.01. The first-order valence-electron chi connectivity index (χ1n) is 8.87. The molecule has 0 bridgehead atoms. The molecule has 126 valence electrons. The molecule has 23 heavy (non-hydrogen) atoms. The topological polar surface area (TPSA) is 46.1 Å². The fourth-order valence-electron chi connectivity index (χ4n) is 3.27. The second-order valence-corrected chi connectivity index (χ2v) is 6.30. The van der Waals surface area contributed by atoms with E-state index in [0.29, 0.717) is 5.82 Å². The molecule has 1 heterocycles. The average Bonchev–Trinajstić information content (AvgIpc) is 2.83. The van der Waals surface area contributed by atoms with Crippen LogP contribution in [0.4, 0.5) is 0 Å². The fourth-order valence-corrected chi connectivity index (χ4v) is 3.27. The number of carbonyl (C=O) groups is 1. The zero-order valence-corrected chi connectivity index (χ0v) is 14.4. The number of carboxylic acid groups (broad SMARTS) is 1. The Morgan fingerprint density at radius 1 is 1.04 bits per heavy atom. The highest BCUT2D eigenvalue weighted by Gasteiger charge is 2.27. The summed E-state index contributed by atoms with van der Waals surface area (Å²) in [6, 6.07) is 7.91. The van der Waals surface area contributed by atoms with Crippen molar-refractivity contribution in [3.05, 3.63) is 30.1 Å². The van der Waals surface area contributed by atoms with Gasteiger partial charge in [-0.3, -0.25) is 0 Å². The monoisotopic (exact) mass is 317 g/mol. The standard InChI is InChI=1S/C19H28N2O2/c1-3-4-5-6-7-8-9-12-15-21-17-14-11-10-13-16(17)20(2)18(21)19(22)23/h10-11,13-14H,3-9,12,15H2,1-2H3/p+1. The predicted octanol–water partition coefficient (Wildman–Crippen LogP) is 4.30. The van der Waals surface area contributed by atoms with Gasteiger partial charge in [0.25, 0.3) is 0 Å². The molecule has 4 nitrogen and oxygen atoms in total. The Morgan fingerprint density at radius 3 is 2.30 bits per heavy atom. The zero-order chi connectivity index (χ0) is 16.7. The van der Waals surface area contributed by atoms with Crippen molar-refractivity contribution in [3.8, 4) is 0 Å². The van der Waals surface area contributed by atoms with E-state index in [9.17, 15) is 9.90 Å². The van der Waals surface area contributed by atoms with Gasteiger partial charge in [0.1, 0.15) is 0 Å². The SMILES string of the molecule is CCCCCCCCCCn1c(C(=O)O)[n+](C)c2ccccc21. The smallest absolute Gasteiger partial charge is 0.419 e. The maximum atomic E-state index is 11.6. The van der Waals surface area contributed by atoms with Crippen LogP contribution in [0.5, 0.6) is 0 Å². The zero-order valence-electron chi connectivity index (χ0n) is 14.4. The van der Waals surface area contributed by atoms with Gasteiger partial charge in [0, 0.05) is 0 Å². The number of hydrogen-bond acceptors (Lipinski definition) is 1. The Labute approximate surface area is 138 Å². The summed E-state index contributed by atoms with van der Waals surface area (Å²) in [6.07, 6.45) is 10.1. The van der Waals surface area contributed by atoms with Crippen molar-refractivity contribution in [1.29, 1.82) is 0 Å². The number of benzene rings is 1. The van der Waals surface area contributed by atoms with Crippen LogP contribution >= 0.6 is 0 Å². The lowest BCUT2D eigenvalue weighted by Gasteiger charge is -2.02. The second-order valence-electron chi connectivity index (χ2n) is 6.30. The molecule has 2 aromatic rings. The van der Waals surface area contributed by atoms with Crippen molar-refractivity contribution in [2.75, 3.05) is 0 Å². The Bertz CT molecular complexity index is 646. The first kappa shape index (κ1) is 17.5. The maximum Gasteiger partial charge on any atom is 0.419 e. The van der Waals surface area contributed by atoms with E-state index >= 15 is 0 Å². The largest absolute Gasteiger partial charge is 0.472 e. The van der Waals surface area contributed by atoms with E-state index in [4.69, 9.17) is 0 Å². The first-order chi connectivity index (χ1) is 11.2. The van der Waals surface area contributed by atoms with Gasteiger partial charge in [0.2, 0.25) is 0 Å². The van der Waals surface area contributed by atoms with Gasteiger partial charge >= 0.3 is 11.8 Å². The van der Waals surface area contributed by atoms with Crippen LogP contribution in [0, 0.1) is 0 Å². The van der Waals surface area contributed by atoms with E-state index in [1.165, 1.54) is 44.9 Å². The summed E-state index contributed by atoms with van der Waals surface area (Å²) in [5.41, 5.74) is 1.99. The van der Waals surface area contributed by atoms with E-state index in [1.54, 1.807) is 4.57 Å². The Kier molecular flexibility index (Phi) is 6.63. The number of rotatable bonds is 10. The Morgan fingerprint density at radius 2 is 1.65 bits per heavy atom. The van der Waals surface area contributed by atoms with Crippen molar-refractivity contribution in [1.82, 2.24) is 4.57 Å². The van der Waals surface area contributed by atoms with E-state index in [1.807, 2.05) is 35.9 Å². The molecule has 0 saturated heterocycles. The van der Waals surface area contributed by atoms with Crippen LogP contribution in [-0.2, 0) is 13.6 Å². The first-order valence-corrected chi connectivity index (χ1v) is 8.87. The number of para-hydroxylation sites is 2. The molecule has 0 aliphatic carbocycles. The number of nitrogens with zero attached hydrogens (tertiary/aromatic N) is 2. The van der Waals surface area contributed by atoms with Gasteiger partial charge in [-0.2, -0.15) is 0 Å². The quantitative estimate of drug-likeness (QED) is 0.524. The van der Waals surface area contributed by atoms with Crippen molar-refractivity contribution < 1.29 is 14.5 Å². The number of fused-ring (bicyclic) bond motifs is 1. The molecule has 4 heteroatoms. The highest BCUT2D eigenvalue weighted by molar-refractivity contribution is 5.86. The summed E-state index contributed by atoms with van der Waals surface area (Å²) >= 11 is 0. The Hall–Kier alpha value is -1.84. The van der Waals surface area contributed by atoms with Crippen molar-refractivity contribution in [3.63, 3.8) is 0 Å². The number of hydrogen-bond donors (Lipinski definition) is 1. The third kappa shape index (κ3) is 4.34. The van der Waals surface area contributed by atoms with Crippen LogP contribution < -0.4 is 4.57 Å². The maximum absolute atomic E-state index is 11.6. The predicted molar refractivity (Wildman–Crippen MR) is 92.7 cm³/mol. The minimum atomic E-state index is -0.858. The molecule has 0 atom stereocenters. The van der Waals surface area contributed by atoms with E-state index in [2.05, 4.69) is 6.92 Å². The van der Waals surface area contributed by atoms with Gasteiger partial charge in [-0.25, -0.2) is 13.9 Å². The molecule has 1 aromatic heterocycles. The molecular weight excluding hydrogens is 288 g/mol. The van der Waals surface area contributed by atoms with Gasteiger partial charge in [-0.1, -0.05) is 57.6 Å². The lowest BCUT2D eigenvalue weighted by molar-refractivity contribution is -0.648. The molecule has 1 N–H and O–H groups in total. The van der Waals surface area contributed by atoms with Crippen LogP contribution in [0.3, 0.4) is 0 Å². The molecule has 0 saturated carbocycles. The molecule has 0 aliphatic rings. The summed E-state index contributed by atoms with van der Waals surface area (Å²) in [4.78, 5) is 11.6. The normalized spacial score (nSPS) is 11.2. The van der Waals surface area contributed by atoms with Crippen LogP contribution in [0.2, 0.25) is 0 Å². The molecule has 0 unspecified atom stereocenters. The average molecular weight is 317 g/mol. The molecule has 0 amide bonds. The lowest BCUT2D eigenvalue weighted by atomic mass is 10.1. The summed E-state index contributed by atoms with van der Waals surface area (Å²) in [5, 5.41) is 9.53.